The molecule has 3 heteroatoms. The molecule has 1 aliphatic rings. The molecule has 0 aliphatic carbocycles. The second kappa shape index (κ2) is 3.91. The number of para-hydroxylation sites is 1. The zero-order valence-electron chi connectivity index (χ0n) is 10.6. The Morgan fingerprint density at radius 3 is 2.53 bits per heavy atom. The predicted molar refractivity (Wildman–Crippen MR) is 69.7 cm³/mol. The van der Waals surface area contributed by atoms with Gasteiger partial charge in [0.2, 0.25) is 0 Å². The van der Waals surface area contributed by atoms with Gasteiger partial charge in [0.05, 0.1) is 11.2 Å². The van der Waals surface area contributed by atoms with Gasteiger partial charge in [-0.3, -0.25) is 15.2 Å². The van der Waals surface area contributed by atoms with E-state index in [1.54, 1.807) is 0 Å². The van der Waals surface area contributed by atoms with Crippen molar-refractivity contribution < 1.29 is 4.79 Å². The maximum Gasteiger partial charge on any atom is 0.267 e. The summed E-state index contributed by atoms with van der Waals surface area (Å²) in [6, 6.07) is 8.11. The molecule has 17 heavy (non-hydrogen) atoms. The predicted octanol–water partition coefficient (Wildman–Crippen LogP) is 2.44. The molecule has 1 fully saturated rings. The van der Waals surface area contributed by atoms with Gasteiger partial charge in [-0.05, 0) is 31.9 Å². The van der Waals surface area contributed by atoms with Crippen molar-refractivity contribution in [1.29, 1.82) is 0 Å². The summed E-state index contributed by atoms with van der Waals surface area (Å²) in [4.78, 5) is 11.7. The molecule has 0 radical (unpaired) electrons. The fourth-order valence-electron chi connectivity index (χ4n) is 2.11. The van der Waals surface area contributed by atoms with Crippen molar-refractivity contribution in [2.75, 3.05) is 5.01 Å². The van der Waals surface area contributed by atoms with Gasteiger partial charge < -0.3 is 0 Å². The zero-order chi connectivity index (χ0) is 12.6. The Morgan fingerprint density at radius 1 is 1.35 bits per heavy atom. The first-order valence-corrected chi connectivity index (χ1v) is 5.87. The van der Waals surface area contributed by atoms with Crippen molar-refractivity contribution in [1.82, 2.24) is 5.43 Å². The first-order valence-electron chi connectivity index (χ1n) is 5.87. The molecule has 2 rings (SSSR count). The third kappa shape index (κ3) is 1.71. The molecule has 1 aromatic carbocycles. The van der Waals surface area contributed by atoms with Crippen molar-refractivity contribution in [2.24, 2.45) is 0 Å². The summed E-state index contributed by atoms with van der Waals surface area (Å²) in [5.74, 6) is -0.0964. The SMILES string of the molecule is C=C1C(=O)NN(c2ccccc2CC)C1(C)C. The third-order valence-electron chi connectivity index (χ3n) is 3.40. The average Bonchev–Trinajstić information content (AvgIpc) is 2.53. The molecule has 0 atom stereocenters. The minimum atomic E-state index is -0.387. The number of carbonyl (C=O) groups excluding carboxylic acids is 1. The highest BCUT2D eigenvalue weighted by atomic mass is 16.2. The fraction of sp³-hybridized carbons (Fsp3) is 0.357. The number of nitrogens with zero attached hydrogens (tertiary/aromatic N) is 1. The number of hydrazine groups is 1. The van der Waals surface area contributed by atoms with Crippen LogP contribution in [-0.2, 0) is 11.2 Å². The summed E-state index contributed by atoms with van der Waals surface area (Å²) in [7, 11) is 0. The lowest BCUT2D eigenvalue weighted by molar-refractivity contribution is -0.116. The lowest BCUT2D eigenvalue weighted by atomic mass is 9.95. The standard InChI is InChI=1S/C14H18N2O/c1-5-11-8-6-7-9-12(11)16-14(3,4)10(2)13(17)15-16/h6-9H,2,5H2,1,3-4H3,(H,15,17). The third-order valence-corrected chi connectivity index (χ3v) is 3.40. The van der Waals surface area contributed by atoms with E-state index in [9.17, 15) is 4.79 Å². The van der Waals surface area contributed by atoms with E-state index in [2.05, 4.69) is 25.0 Å². The quantitative estimate of drug-likeness (QED) is 0.791. The van der Waals surface area contributed by atoms with Crippen LogP contribution in [0.3, 0.4) is 0 Å². The number of anilines is 1. The van der Waals surface area contributed by atoms with Crippen molar-refractivity contribution >= 4 is 11.6 Å². The number of hydrogen-bond acceptors (Lipinski definition) is 2. The molecule has 1 amide bonds. The minimum Gasteiger partial charge on any atom is -0.275 e. The van der Waals surface area contributed by atoms with Gasteiger partial charge >= 0.3 is 0 Å². The van der Waals surface area contributed by atoms with Crippen LogP contribution < -0.4 is 10.4 Å². The van der Waals surface area contributed by atoms with Crippen LogP contribution in [-0.4, -0.2) is 11.4 Å². The van der Waals surface area contributed by atoms with E-state index in [0.29, 0.717) is 5.57 Å². The van der Waals surface area contributed by atoms with Crippen LogP contribution in [0.2, 0.25) is 0 Å². The Bertz CT molecular complexity index is 477. The second-order valence-corrected chi connectivity index (χ2v) is 4.80. The van der Waals surface area contributed by atoms with Gasteiger partial charge in [-0.1, -0.05) is 31.7 Å². The van der Waals surface area contributed by atoms with Crippen LogP contribution in [0.1, 0.15) is 26.3 Å². The molecular weight excluding hydrogens is 212 g/mol. The van der Waals surface area contributed by atoms with E-state index in [4.69, 9.17) is 0 Å². The van der Waals surface area contributed by atoms with Crippen LogP contribution in [0.25, 0.3) is 0 Å². The van der Waals surface area contributed by atoms with E-state index in [-0.39, 0.29) is 11.4 Å². The number of hydrogen-bond donors (Lipinski definition) is 1. The summed E-state index contributed by atoms with van der Waals surface area (Å²) in [6.45, 7) is 9.97. The Kier molecular flexibility index (Phi) is 2.69. The Morgan fingerprint density at radius 2 is 2.00 bits per heavy atom. The summed E-state index contributed by atoms with van der Waals surface area (Å²) >= 11 is 0. The number of amides is 1. The maximum atomic E-state index is 11.7. The Hall–Kier alpha value is -1.77. The zero-order valence-corrected chi connectivity index (χ0v) is 10.6. The second-order valence-electron chi connectivity index (χ2n) is 4.80. The lowest BCUT2D eigenvalue weighted by Gasteiger charge is -2.33. The van der Waals surface area contributed by atoms with Crippen molar-refractivity contribution in [3.05, 3.63) is 42.0 Å². The van der Waals surface area contributed by atoms with E-state index in [1.807, 2.05) is 37.1 Å². The summed E-state index contributed by atoms with van der Waals surface area (Å²) in [5, 5.41) is 1.91. The van der Waals surface area contributed by atoms with Crippen molar-refractivity contribution in [3.8, 4) is 0 Å². The molecule has 3 nitrogen and oxygen atoms in total. The average molecular weight is 230 g/mol. The normalized spacial score (nSPS) is 18.4. The highest BCUT2D eigenvalue weighted by molar-refractivity contribution is 6.00. The Labute approximate surface area is 102 Å². The van der Waals surface area contributed by atoms with E-state index in [0.717, 1.165) is 12.1 Å². The monoisotopic (exact) mass is 230 g/mol. The first-order chi connectivity index (χ1) is 7.98. The number of carbonyl (C=O) groups is 1. The van der Waals surface area contributed by atoms with E-state index in [1.165, 1.54) is 5.56 Å². The number of nitrogens with one attached hydrogen (secondary N) is 1. The molecule has 1 aromatic rings. The molecule has 1 N–H and O–H groups in total. The number of benzene rings is 1. The van der Waals surface area contributed by atoms with Crippen LogP contribution in [0, 0.1) is 0 Å². The molecule has 1 heterocycles. The van der Waals surface area contributed by atoms with Gasteiger partial charge in [0.25, 0.3) is 5.91 Å². The van der Waals surface area contributed by atoms with Crippen molar-refractivity contribution in [2.45, 2.75) is 32.7 Å². The number of rotatable bonds is 2. The molecule has 0 bridgehead atoms. The van der Waals surface area contributed by atoms with Gasteiger partial charge in [-0.25, -0.2) is 0 Å². The summed E-state index contributed by atoms with van der Waals surface area (Å²) in [5.41, 5.74) is 5.36. The molecule has 90 valence electrons. The fourth-order valence-corrected chi connectivity index (χ4v) is 2.11. The molecule has 0 unspecified atom stereocenters. The number of aryl methyl sites for hydroxylation is 1. The molecule has 0 spiro atoms. The summed E-state index contributed by atoms with van der Waals surface area (Å²) < 4.78 is 0. The molecule has 0 aromatic heterocycles. The molecule has 0 saturated carbocycles. The largest absolute Gasteiger partial charge is 0.275 e. The highest BCUT2D eigenvalue weighted by Crippen LogP contribution is 2.34. The van der Waals surface area contributed by atoms with E-state index < -0.39 is 0 Å². The smallest absolute Gasteiger partial charge is 0.267 e. The van der Waals surface area contributed by atoms with Gasteiger partial charge in [0, 0.05) is 5.57 Å². The van der Waals surface area contributed by atoms with Crippen molar-refractivity contribution in [3.63, 3.8) is 0 Å². The van der Waals surface area contributed by atoms with Gasteiger partial charge in [0.1, 0.15) is 0 Å². The Balaban J connectivity index is 2.48. The lowest BCUT2D eigenvalue weighted by Crippen LogP contribution is -2.45. The van der Waals surface area contributed by atoms with Gasteiger partial charge in [-0.15, -0.1) is 0 Å². The minimum absolute atomic E-state index is 0.0964. The van der Waals surface area contributed by atoms with Crippen LogP contribution in [0.4, 0.5) is 5.69 Å². The molecule has 1 aliphatic heterocycles. The van der Waals surface area contributed by atoms with Crippen LogP contribution in [0.15, 0.2) is 36.4 Å². The topological polar surface area (TPSA) is 32.3 Å². The van der Waals surface area contributed by atoms with Gasteiger partial charge in [0.15, 0.2) is 0 Å². The van der Waals surface area contributed by atoms with Crippen LogP contribution in [0.5, 0.6) is 0 Å². The van der Waals surface area contributed by atoms with Crippen LogP contribution >= 0.6 is 0 Å². The van der Waals surface area contributed by atoms with Gasteiger partial charge in [-0.2, -0.15) is 0 Å². The highest BCUT2D eigenvalue weighted by Gasteiger charge is 2.42. The molecular formula is C14H18N2O. The van der Waals surface area contributed by atoms with E-state index >= 15 is 0 Å². The maximum absolute atomic E-state index is 11.7. The molecule has 1 saturated heterocycles. The summed E-state index contributed by atoms with van der Waals surface area (Å²) in [6.07, 6.45) is 0.936. The first kappa shape index (κ1) is 11.7.